The van der Waals surface area contributed by atoms with Gasteiger partial charge in [-0.3, -0.25) is 9.59 Å². The van der Waals surface area contributed by atoms with Crippen LogP contribution in [0.15, 0.2) is 35.0 Å². The molecule has 1 aromatic carbocycles. The van der Waals surface area contributed by atoms with E-state index >= 15 is 0 Å². The number of hydrogen-bond donors (Lipinski definition) is 1. The molecule has 0 bridgehead atoms. The third-order valence-electron chi connectivity index (χ3n) is 3.31. The Morgan fingerprint density at radius 2 is 1.91 bits per heavy atom. The fraction of sp³-hybridized carbons (Fsp3) is 0.294. The Hall–Kier alpha value is -2.14. The van der Waals surface area contributed by atoms with Crippen LogP contribution in [0.2, 0.25) is 0 Å². The number of para-hydroxylation sites is 1. The van der Waals surface area contributed by atoms with Crippen LogP contribution in [0, 0.1) is 13.8 Å². The van der Waals surface area contributed by atoms with Crippen molar-refractivity contribution in [3.8, 4) is 0 Å². The second-order valence-corrected chi connectivity index (χ2v) is 5.89. The van der Waals surface area contributed by atoms with Crippen LogP contribution in [-0.4, -0.2) is 18.5 Å². The number of amides is 1. The largest absolute Gasteiger partial charge is 0.456 e. The fourth-order valence-corrected chi connectivity index (χ4v) is 2.79. The summed E-state index contributed by atoms with van der Waals surface area (Å²) in [7, 11) is 0. The number of carbonyl (C=O) groups excluding carboxylic acids is 2. The summed E-state index contributed by atoms with van der Waals surface area (Å²) < 4.78 is 5.01. The molecule has 1 aromatic heterocycles. The second-order valence-electron chi connectivity index (χ2n) is 5.11. The molecule has 0 spiro atoms. The highest BCUT2D eigenvalue weighted by atomic mass is 32.1. The number of hydrogen-bond acceptors (Lipinski definition) is 4. The standard InChI is InChI=1S/C17H19NO3S/c1-12-4-3-5-13(2)17(12)18-15(19)10-21-16(20)7-6-14-8-9-22-11-14/h3-5,8-9,11H,6-7,10H2,1-2H3,(H,18,19). The normalized spacial score (nSPS) is 10.3. The Labute approximate surface area is 134 Å². The zero-order chi connectivity index (χ0) is 15.9. The monoisotopic (exact) mass is 317 g/mol. The van der Waals surface area contributed by atoms with Crippen LogP contribution in [0.4, 0.5) is 5.69 Å². The highest BCUT2D eigenvalue weighted by Crippen LogP contribution is 2.19. The summed E-state index contributed by atoms with van der Waals surface area (Å²) in [6, 6.07) is 7.77. The lowest BCUT2D eigenvalue weighted by Gasteiger charge is -2.11. The van der Waals surface area contributed by atoms with Crippen molar-refractivity contribution in [2.24, 2.45) is 0 Å². The van der Waals surface area contributed by atoms with Gasteiger partial charge < -0.3 is 10.1 Å². The third-order valence-corrected chi connectivity index (χ3v) is 4.04. The van der Waals surface area contributed by atoms with Crippen molar-refractivity contribution in [3.63, 3.8) is 0 Å². The molecule has 2 rings (SSSR count). The minimum absolute atomic E-state index is 0.254. The van der Waals surface area contributed by atoms with Crippen molar-refractivity contribution >= 4 is 28.9 Å². The number of rotatable bonds is 6. The summed E-state index contributed by atoms with van der Waals surface area (Å²) in [5.74, 6) is -0.677. The van der Waals surface area contributed by atoms with Crippen LogP contribution < -0.4 is 5.32 Å². The number of carbonyl (C=O) groups is 2. The molecule has 22 heavy (non-hydrogen) atoms. The van der Waals surface area contributed by atoms with Gasteiger partial charge in [-0.15, -0.1) is 0 Å². The van der Waals surface area contributed by atoms with Crippen LogP contribution in [-0.2, 0) is 20.7 Å². The van der Waals surface area contributed by atoms with Crippen molar-refractivity contribution in [2.45, 2.75) is 26.7 Å². The molecule has 1 heterocycles. The second kappa shape index (κ2) is 7.75. The quantitative estimate of drug-likeness (QED) is 0.830. The topological polar surface area (TPSA) is 55.4 Å². The average Bonchev–Trinajstić information content (AvgIpc) is 3.00. The molecule has 0 fully saturated rings. The first-order chi connectivity index (χ1) is 10.6. The van der Waals surface area contributed by atoms with Crippen molar-refractivity contribution in [2.75, 3.05) is 11.9 Å². The maximum atomic E-state index is 11.9. The third kappa shape index (κ3) is 4.70. The van der Waals surface area contributed by atoms with Crippen LogP contribution in [0.3, 0.4) is 0 Å². The molecule has 0 atom stereocenters. The van der Waals surface area contributed by atoms with Crippen LogP contribution in [0.5, 0.6) is 0 Å². The molecule has 0 aliphatic rings. The van der Waals surface area contributed by atoms with Gasteiger partial charge in [0.15, 0.2) is 6.61 Å². The number of nitrogens with one attached hydrogen (secondary N) is 1. The van der Waals surface area contributed by atoms with Gasteiger partial charge in [0.25, 0.3) is 5.91 Å². The number of anilines is 1. The summed E-state index contributed by atoms with van der Waals surface area (Å²) in [5, 5.41) is 6.76. The van der Waals surface area contributed by atoms with E-state index in [1.165, 1.54) is 0 Å². The molecule has 1 amide bonds. The average molecular weight is 317 g/mol. The molecular weight excluding hydrogens is 298 g/mol. The summed E-state index contributed by atoms with van der Waals surface area (Å²) >= 11 is 1.60. The summed E-state index contributed by atoms with van der Waals surface area (Å²) in [4.78, 5) is 23.5. The maximum Gasteiger partial charge on any atom is 0.306 e. The van der Waals surface area contributed by atoms with Crippen LogP contribution >= 0.6 is 11.3 Å². The molecule has 0 unspecified atom stereocenters. The first-order valence-corrected chi connectivity index (χ1v) is 8.03. The number of esters is 1. The Kier molecular flexibility index (Phi) is 5.72. The molecule has 0 radical (unpaired) electrons. The van der Waals surface area contributed by atoms with E-state index in [1.807, 2.05) is 48.9 Å². The zero-order valence-corrected chi connectivity index (χ0v) is 13.5. The van der Waals surface area contributed by atoms with Gasteiger partial charge in [0.1, 0.15) is 0 Å². The number of benzene rings is 1. The highest BCUT2D eigenvalue weighted by molar-refractivity contribution is 7.07. The molecule has 0 aliphatic heterocycles. The Bertz CT molecular complexity index is 630. The Balaban J connectivity index is 1.76. The van der Waals surface area contributed by atoms with E-state index in [4.69, 9.17) is 4.74 Å². The fourth-order valence-electron chi connectivity index (χ4n) is 2.09. The first-order valence-electron chi connectivity index (χ1n) is 7.09. The molecule has 2 aromatic rings. The number of thiophene rings is 1. The van der Waals surface area contributed by atoms with Gasteiger partial charge in [0.05, 0.1) is 0 Å². The van der Waals surface area contributed by atoms with Gasteiger partial charge >= 0.3 is 5.97 Å². The van der Waals surface area contributed by atoms with Crippen molar-refractivity contribution in [1.82, 2.24) is 0 Å². The summed E-state index contributed by atoms with van der Waals surface area (Å²) in [6.07, 6.45) is 0.925. The maximum absolute atomic E-state index is 11.9. The number of ether oxygens (including phenoxy) is 1. The molecule has 1 N–H and O–H groups in total. The summed E-state index contributed by atoms with van der Waals surface area (Å²) in [6.45, 7) is 3.60. The van der Waals surface area contributed by atoms with Gasteiger partial charge in [-0.2, -0.15) is 11.3 Å². The van der Waals surface area contributed by atoms with Gasteiger partial charge in [0, 0.05) is 12.1 Å². The lowest BCUT2D eigenvalue weighted by atomic mass is 10.1. The van der Waals surface area contributed by atoms with Crippen molar-refractivity contribution < 1.29 is 14.3 Å². The van der Waals surface area contributed by atoms with E-state index < -0.39 is 0 Å². The van der Waals surface area contributed by atoms with E-state index in [9.17, 15) is 9.59 Å². The molecule has 116 valence electrons. The minimum atomic E-state index is -0.358. The predicted molar refractivity (Wildman–Crippen MR) is 88.1 cm³/mol. The zero-order valence-electron chi connectivity index (χ0n) is 12.7. The number of aryl methyl sites for hydroxylation is 3. The smallest absolute Gasteiger partial charge is 0.306 e. The van der Waals surface area contributed by atoms with Crippen LogP contribution in [0.25, 0.3) is 0 Å². The van der Waals surface area contributed by atoms with E-state index in [0.29, 0.717) is 6.42 Å². The molecule has 4 nitrogen and oxygen atoms in total. The Morgan fingerprint density at radius 3 is 2.55 bits per heavy atom. The van der Waals surface area contributed by atoms with Gasteiger partial charge in [-0.1, -0.05) is 18.2 Å². The summed E-state index contributed by atoms with van der Waals surface area (Å²) in [5.41, 5.74) is 3.86. The van der Waals surface area contributed by atoms with E-state index in [2.05, 4.69) is 5.32 Å². The molecule has 0 saturated heterocycles. The van der Waals surface area contributed by atoms with E-state index in [-0.39, 0.29) is 24.9 Å². The van der Waals surface area contributed by atoms with Crippen LogP contribution in [0.1, 0.15) is 23.1 Å². The minimum Gasteiger partial charge on any atom is -0.456 e. The molecular formula is C17H19NO3S. The van der Waals surface area contributed by atoms with Crippen molar-refractivity contribution in [1.29, 1.82) is 0 Å². The van der Waals surface area contributed by atoms with Gasteiger partial charge in [-0.05, 0) is 53.8 Å². The molecule has 0 aliphatic carbocycles. The van der Waals surface area contributed by atoms with Gasteiger partial charge in [0.2, 0.25) is 0 Å². The molecule has 0 saturated carbocycles. The van der Waals surface area contributed by atoms with Crippen molar-refractivity contribution in [3.05, 3.63) is 51.7 Å². The van der Waals surface area contributed by atoms with E-state index in [1.54, 1.807) is 11.3 Å². The Morgan fingerprint density at radius 1 is 1.18 bits per heavy atom. The van der Waals surface area contributed by atoms with E-state index in [0.717, 1.165) is 22.4 Å². The van der Waals surface area contributed by atoms with Gasteiger partial charge in [-0.25, -0.2) is 0 Å². The lowest BCUT2D eigenvalue weighted by Crippen LogP contribution is -2.21. The molecule has 5 heteroatoms. The highest BCUT2D eigenvalue weighted by Gasteiger charge is 2.10. The lowest BCUT2D eigenvalue weighted by molar-refractivity contribution is -0.147. The first kappa shape index (κ1) is 16.2. The predicted octanol–water partition coefficient (Wildman–Crippen LogP) is 3.48. The SMILES string of the molecule is Cc1cccc(C)c1NC(=O)COC(=O)CCc1ccsc1.